The molecule has 0 atom stereocenters. The second kappa shape index (κ2) is 5.17. The molecule has 100 valence electrons. The Morgan fingerprint density at radius 2 is 1.68 bits per heavy atom. The van der Waals surface area contributed by atoms with Crippen molar-refractivity contribution in [2.45, 2.75) is 33.1 Å². The van der Waals surface area contributed by atoms with Crippen LogP contribution in [0.1, 0.15) is 32.2 Å². The summed E-state index contributed by atoms with van der Waals surface area (Å²) in [6.07, 6.45) is 0. The lowest BCUT2D eigenvalue weighted by atomic mass is 9.87. The second-order valence-electron chi connectivity index (χ2n) is 5.45. The summed E-state index contributed by atoms with van der Waals surface area (Å²) in [4.78, 5) is 8.18. The highest BCUT2D eigenvalue weighted by atomic mass is 35.5. The van der Waals surface area contributed by atoms with Gasteiger partial charge in [0, 0.05) is 6.07 Å². The first kappa shape index (κ1) is 13.8. The summed E-state index contributed by atoms with van der Waals surface area (Å²) in [7, 11) is 0. The number of hydrogen-bond donors (Lipinski definition) is 0. The fourth-order valence-electron chi connectivity index (χ4n) is 1.70. The van der Waals surface area contributed by atoms with Crippen molar-refractivity contribution < 1.29 is 4.74 Å². The van der Waals surface area contributed by atoms with Gasteiger partial charge in [0.05, 0.1) is 0 Å². The Hall–Kier alpha value is -1.61. The van der Waals surface area contributed by atoms with Crippen molar-refractivity contribution in [3.8, 4) is 11.6 Å². The molecule has 1 aromatic carbocycles. The van der Waals surface area contributed by atoms with Gasteiger partial charge >= 0.3 is 0 Å². The Kier molecular flexibility index (Phi) is 3.76. The van der Waals surface area contributed by atoms with Crippen LogP contribution in [-0.4, -0.2) is 9.97 Å². The van der Waals surface area contributed by atoms with Crippen LogP contribution < -0.4 is 4.74 Å². The molecular weight excluding hydrogens is 260 g/mol. The number of hydrogen-bond acceptors (Lipinski definition) is 3. The van der Waals surface area contributed by atoms with Gasteiger partial charge in [-0.3, -0.25) is 0 Å². The molecule has 0 spiro atoms. The minimum Gasteiger partial charge on any atom is -0.439 e. The number of ether oxygens (including phenoxy) is 1. The third-order valence-electron chi connectivity index (χ3n) is 2.73. The number of benzene rings is 1. The van der Waals surface area contributed by atoms with Crippen molar-refractivity contribution in [3.05, 3.63) is 46.9 Å². The maximum Gasteiger partial charge on any atom is 0.224 e. The molecule has 3 nitrogen and oxygen atoms in total. The highest BCUT2D eigenvalue weighted by Gasteiger charge is 2.13. The molecule has 0 saturated carbocycles. The van der Waals surface area contributed by atoms with E-state index in [4.69, 9.17) is 16.3 Å². The first-order chi connectivity index (χ1) is 8.84. The molecule has 0 saturated heterocycles. The maximum absolute atomic E-state index is 5.87. The molecule has 0 aliphatic rings. The van der Waals surface area contributed by atoms with Crippen LogP contribution in [0.5, 0.6) is 11.6 Å². The molecule has 4 heteroatoms. The molecule has 19 heavy (non-hydrogen) atoms. The predicted molar refractivity (Wildman–Crippen MR) is 77.0 cm³/mol. The molecule has 0 N–H and O–H groups in total. The Bertz CT molecular complexity index is 553. The van der Waals surface area contributed by atoms with Crippen molar-refractivity contribution in [1.82, 2.24) is 9.97 Å². The summed E-state index contributed by atoms with van der Waals surface area (Å²) in [5, 5.41) is 0.383. The van der Waals surface area contributed by atoms with E-state index in [1.54, 1.807) is 13.0 Å². The number of nitrogens with zero attached hydrogens (tertiary/aromatic N) is 2. The van der Waals surface area contributed by atoms with Gasteiger partial charge in [-0.2, -0.15) is 4.98 Å². The predicted octanol–water partition coefficient (Wildman–Crippen LogP) is 4.53. The maximum atomic E-state index is 5.87. The van der Waals surface area contributed by atoms with E-state index >= 15 is 0 Å². The summed E-state index contributed by atoms with van der Waals surface area (Å²) in [6, 6.07) is 9.60. The standard InChI is InChI=1S/C15H17ClN2O/c1-10-17-13(16)9-14(18-10)19-12-7-5-11(6-8-12)15(2,3)4/h5-9H,1-4H3. The lowest BCUT2D eigenvalue weighted by molar-refractivity contribution is 0.459. The van der Waals surface area contributed by atoms with Crippen molar-refractivity contribution in [1.29, 1.82) is 0 Å². The van der Waals surface area contributed by atoms with Gasteiger partial charge in [-0.05, 0) is 30.0 Å². The van der Waals surface area contributed by atoms with E-state index in [0.29, 0.717) is 16.9 Å². The third-order valence-corrected chi connectivity index (χ3v) is 2.92. The van der Waals surface area contributed by atoms with Crippen LogP contribution in [0.4, 0.5) is 0 Å². The van der Waals surface area contributed by atoms with E-state index < -0.39 is 0 Å². The Balaban J connectivity index is 2.20. The summed E-state index contributed by atoms with van der Waals surface area (Å²) in [6.45, 7) is 8.31. The smallest absolute Gasteiger partial charge is 0.224 e. The molecular formula is C15H17ClN2O. The average Bonchev–Trinajstić information content (AvgIpc) is 2.26. The molecule has 1 aromatic heterocycles. The Labute approximate surface area is 118 Å². The number of rotatable bonds is 2. The molecule has 0 aliphatic carbocycles. The lowest BCUT2D eigenvalue weighted by Crippen LogP contribution is -2.10. The van der Waals surface area contributed by atoms with Crippen LogP contribution in [0.2, 0.25) is 5.15 Å². The van der Waals surface area contributed by atoms with Crippen molar-refractivity contribution >= 4 is 11.6 Å². The molecule has 2 aromatic rings. The number of halogens is 1. The van der Waals surface area contributed by atoms with Gasteiger partial charge in [-0.25, -0.2) is 4.98 Å². The topological polar surface area (TPSA) is 35.0 Å². The molecule has 0 unspecified atom stereocenters. The molecule has 0 radical (unpaired) electrons. The van der Waals surface area contributed by atoms with Crippen molar-refractivity contribution in [3.63, 3.8) is 0 Å². The second-order valence-corrected chi connectivity index (χ2v) is 5.84. The molecule has 2 rings (SSSR count). The van der Waals surface area contributed by atoms with Gasteiger partial charge in [-0.15, -0.1) is 0 Å². The first-order valence-electron chi connectivity index (χ1n) is 6.14. The van der Waals surface area contributed by atoms with E-state index in [1.165, 1.54) is 5.56 Å². The Morgan fingerprint density at radius 3 is 2.21 bits per heavy atom. The molecule has 0 fully saturated rings. The fraction of sp³-hybridized carbons (Fsp3) is 0.333. The van der Waals surface area contributed by atoms with E-state index in [9.17, 15) is 0 Å². The van der Waals surface area contributed by atoms with Gasteiger partial charge in [0.1, 0.15) is 16.7 Å². The zero-order valence-electron chi connectivity index (χ0n) is 11.6. The normalized spacial score (nSPS) is 11.4. The number of aromatic nitrogens is 2. The zero-order valence-corrected chi connectivity index (χ0v) is 12.3. The highest BCUT2D eigenvalue weighted by molar-refractivity contribution is 6.29. The lowest BCUT2D eigenvalue weighted by Gasteiger charge is -2.19. The molecule has 1 heterocycles. The van der Waals surface area contributed by atoms with Crippen LogP contribution in [0, 0.1) is 6.92 Å². The average molecular weight is 277 g/mol. The van der Waals surface area contributed by atoms with Crippen LogP contribution in [0.25, 0.3) is 0 Å². The molecule has 0 bridgehead atoms. The summed E-state index contributed by atoms with van der Waals surface area (Å²) >= 11 is 5.87. The van der Waals surface area contributed by atoms with Crippen LogP contribution in [0.15, 0.2) is 30.3 Å². The Morgan fingerprint density at radius 1 is 1.05 bits per heavy atom. The van der Waals surface area contributed by atoms with Crippen LogP contribution >= 0.6 is 11.6 Å². The van der Waals surface area contributed by atoms with Crippen molar-refractivity contribution in [2.75, 3.05) is 0 Å². The van der Waals surface area contributed by atoms with E-state index in [-0.39, 0.29) is 5.41 Å². The highest BCUT2D eigenvalue weighted by Crippen LogP contribution is 2.26. The van der Waals surface area contributed by atoms with Gasteiger partial charge in [0.15, 0.2) is 0 Å². The SMILES string of the molecule is Cc1nc(Cl)cc(Oc2ccc(C(C)(C)C)cc2)n1. The van der Waals surface area contributed by atoms with Crippen LogP contribution in [0.3, 0.4) is 0 Å². The quantitative estimate of drug-likeness (QED) is 0.756. The van der Waals surface area contributed by atoms with Crippen LogP contribution in [-0.2, 0) is 5.41 Å². The van der Waals surface area contributed by atoms with E-state index in [0.717, 1.165) is 5.75 Å². The van der Waals surface area contributed by atoms with E-state index in [1.807, 2.05) is 12.1 Å². The first-order valence-corrected chi connectivity index (χ1v) is 6.52. The summed E-state index contributed by atoms with van der Waals surface area (Å²) in [5.74, 6) is 1.79. The fourth-order valence-corrected chi connectivity index (χ4v) is 1.92. The van der Waals surface area contributed by atoms with E-state index in [2.05, 4.69) is 42.9 Å². The third kappa shape index (κ3) is 3.67. The summed E-state index contributed by atoms with van der Waals surface area (Å²) < 4.78 is 5.67. The minimum absolute atomic E-state index is 0.132. The monoisotopic (exact) mass is 276 g/mol. The number of aryl methyl sites for hydroxylation is 1. The van der Waals surface area contributed by atoms with Gasteiger partial charge in [0.25, 0.3) is 0 Å². The minimum atomic E-state index is 0.132. The molecule has 0 amide bonds. The molecule has 0 aliphatic heterocycles. The van der Waals surface area contributed by atoms with Gasteiger partial charge in [0.2, 0.25) is 5.88 Å². The zero-order chi connectivity index (χ0) is 14.0. The van der Waals surface area contributed by atoms with Gasteiger partial charge < -0.3 is 4.74 Å². The largest absolute Gasteiger partial charge is 0.439 e. The van der Waals surface area contributed by atoms with Gasteiger partial charge in [-0.1, -0.05) is 44.5 Å². The summed E-state index contributed by atoms with van der Waals surface area (Å²) in [5.41, 5.74) is 1.39. The van der Waals surface area contributed by atoms with Crippen molar-refractivity contribution in [2.24, 2.45) is 0 Å².